The van der Waals surface area contributed by atoms with Crippen LogP contribution in [0.25, 0.3) is 0 Å². The molecule has 2 amide bonds. The summed E-state index contributed by atoms with van der Waals surface area (Å²) in [6, 6.07) is 8.31. The number of hydrogen-bond acceptors (Lipinski definition) is 7. The number of amides is 2. The number of morpholine rings is 1. The molecule has 1 aromatic carbocycles. The molecule has 9 heteroatoms. The van der Waals surface area contributed by atoms with E-state index in [1.54, 1.807) is 24.3 Å². The van der Waals surface area contributed by atoms with Gasteiger partial charge in [-0.3, -0.25) is 9.59 Å². The number of aromatic nitrogens is 2. The van der Waals surface area contributed by atoms with Crippen LogP contribution in [0.15, 0.2) is 41.7 Å². The third kappa shape index (κ3) is 4.93. The molecule has 1 aliphatic rings. The number of primary amides is 1. The van der Waals surface area contributed by atoms with Crippen molar-refractivity contribution in [3.63, 3.8) is 0 Å². The first kappa shape index (κ1) is 18.2. The highest BCUT2D eigenvalue weighted by Gasteiger charge is 2.13. The minimum absolute atomic E-state index is 0.159. The van der Waals surface area contributed by atoms with E-state index in [9.17, 15) is 9.59 Å². The van der Waals surface area contributed by atoms with Crippen molar-refractivity contribution >= 4 is 35.1 Å². The molecule has 26 heavy (non-hydrogen) atoms. The maximum Gasteiger partial charge on any atom is 0.248 e. The highest BCUT2D eigenvalue weighted by Crippen LogP contribution is 2.20. The zero-order chi connectivity index (χ0) is 18.4. The lowest BCUT2D eigenvalue weighted by Crippen LogP contribution is -2.36. The van der Waals surface area contributed by atoms with E-state index in [-0.39, 0.29) is 11.7 Å². The molecule has 0 saturated carbocycles. The Bertz CT molecular complexity index is 778. The second kappa shape index (κ2) is 8.63. The van der Waals surface area contributed by atoms with E-state index < -0.39 is 5.91 Å². The zero-order valence-corrected chi connectivity index (χ0v) is 14.9. The molecule has 136 valence electrons. The predicted molar refractivity (Wildman–Crippen MR) is 99.4 cm³/mol. The largest absolute Gasteiger partial charge is 0.378 e. The molecule has 0 spiro atoms. The van der Waals surface area contributed by atoms with Gasteiger partial charge in [0, 0.05) is 30.4 Å². The summed E-state index contributed by atoms with van der Waals surface area (Å²) in [6.07, 6.45) is 1.51. The second-order valence-electron chi connectivity index (χ2n) is 5.59. The number of benzene rings is 1. The molecule has 1 aliphatic heterocycles. The summed E-state index contributed by atoms with van der Waals surface area (Å²) in [7, 11) is 0. The van der Waals surface area contributed by atoms with Crippen molar-refractivity contribution in [1.82, 2.24) is 9.97 Å². The molecule has 0 atom stereocenters. The monoisotopic (exact) mass is 373 g/mol. The highest BCUT2D eigenvalue weighted by atomic mass is 32.2. The molecule has 2 aromatic rings. The fourth-order valence-corrected chi connectivity index (χ4v) is 3.09. The van der Waals surface area contributed by atoms with Crippen LogP contribution in [0.3, 0.4) is 0 Å². The van der Waals surface area contributed by atoms with Crippen molar-refractivity contribution in [3.05, 3.63) is 42.2 Å². The Morgan fingerprint density at radius 1 is 1.19 bits per heavy atom. The van der Waals surface area contributed by atoms with Crippen LogP contribution in [0.4, 0.5) is 11.5 Å². The Kier molecular flexibility index (Phi) is 6.03. The Balaban J connectivity index is 1.53. The molecular weight excluding hydrogens is 354 g/mol. The van der Waals surface area contributed by atoms with Gasteiger partial charge in [0.25, 0.3) is 0 Å². The van der Waals surface area contributed by atoms with Gasteiger partial charge in [-0.25, -0.2) is 9.97 Å². The molecular formula is C17H19N5O3S. The van der Waals surface area contributed by atoms with Crippen LogP contribution < -0.4 is 16.0 Å². The minimum atomic E-state index is -0.502. The fourth-order valence-electron chi connectivity index (χ4n) is 2.43. The number of nitrogens with zero attached hydrogens (tertiary/aromatic N) is 3. The van der Waals surface area contributed by atoms with Crippen molar-refractivity contribution < 1.29 is 14.3 Å². The number of carbonyl (C=O) groups is 2. The molecule has 3 N–H and O–H groups in total. The molecule has 3 rings (SSSR count). The lowest BCUT2D eigenvalue weighted by Gasteiger charge is -2.27. The number of rotatable bonds is 6. The Morgan fingerprint density at radius 3 is 2.62 bits per heavy atom. The molecule has 1 saturated heterocycles. The van der Waals surface area contributed by atoms with Crippen LogP contribution >= 0.6 is 11.8 Å². The van der Waals surface area contributed by atoms with Gasteiger partial charge in [0.05, 0.1) is 19.0 Å². The van der Waals surface area contributed by atoms with Crippen LogP contribution in [0.5, 0.6) is 0 Å². The maximum absolute atomic E-state index is 12.1. The fraction of sp³-hybridized carbons (Fsp3) is 0.294. The van der Waals surface area contributed by atoms with Crippen molar-refractivity contribution in [2.75, 3.05) is 42.3 Å². The smallest absolute Gasteiger partial charge is 0.248 e. The molecule has 0 radical (unpaired) electrons. The number of anilines is 2. The number of nitrogens with one attached hydrogen (secondary N) is 1. The van der Waals surface area contributed by atoms with Gasteiger partial charge in [-0.05, 0) is 24.3 Å². The summed E-state index contributed by atoms with van der Waals surface area (Å²) in [5.74, 6) is 0.400. The molecule has 8 nitrogen and oxygen atoms in total. The predicted octanol–water partition coefficient (Wildman–Crippen LogP) is 1.14. The average Bonchev–Trinajstić information content (AvgIpc) is 2.68. The summed E-state index contributed by atoms with van der Waals surface area (Å²) in [5, 5.41) is 3.51. The minimum Gasteiger partial charge on any atom is -0.378 e. The summed E-state index contributed by atoms with van der Waals surface area (Å²) in [5.41, 5.74) is 6.20. The van der Waals surface area contributed by atoms with E-state index in [2.05, 4.69) is 20.2 Å². The number of thioether (sulfide) groups is 1. The molecule has 0 unspecified atom stereocenters. The maximum atomic E-state index is 12.1. The van der Waals surface area contributed by atoms with Gasteiger partial charge in [0.15, 0.2) is 0 Å². The van der Waals surface area contributed by atoms with Gasteiger partial charge >= 0.3 is 0 Å². The van der Waals surface area contributed by atoms with E-state index in [4.69, 9.17) is 10.5 Å². The number of hydrogen-bond donors (Lipinski definition) is 2. The number of nitrogens with two attached hydrogens (primary N) is 1. The normalized spacial score (nSPS) is 14.1. The average molecular weight is 373 g/mol. The summed E-state index contributed by atoms with van der Waals surface area (Å²) < 4.78 is 5.34. The first-order chi connectivity index (χ1) is 12.6. The van der Waals surface area contributed by atoms with Crippen LogP contribution in [-0.2, 0) is 9.53 Å². The second-order valence-corrected chi connectivity index (χ2v) is 6.59. The van der Waals surface area contributed by atoms with E-state index in [1.807, 2.05) is 6.07 Å². The molecule has 0 aliphatic carbocycles. The van der Waals surface area contributed by atoms with Crippen molar-refractivity contribution in [3.8, 4) is 0 Å². The summed E-state index contributed by atoms with van der Waals surface area (Å²) in [4.78, 5) is 33.8. The number of ether oxygens (including phenoxy) is 1. The summed E-state index contributed by atoms with van der Waals surface area (Å²) >= 11 is 1.34. The van der Waals surface area contributed by atoms with Crippen LogP contribution in [0, 0.1) is 0 Å². The van der Waals surface area contributed by atoms with Gasteiger partial charge in [-0.15, -0.1) is 0 Å². The highest BCUT2D eigenvalue weighted by molar-refractivity contribution is 7.99. The van der Waals surface area contributed by atoms with Crippen molar-refractivity contribution in [2.24, 2.45) is 5.73 Å². The first-order valence-electron chi connectivity index (χ1n) is 8.09. The first-order valence-corrected chi connectivity index (χ1v) is 9.07. The Hall–Kier alpha value is -2.65. The van der Waals surface area contributed by atoms with Gasteiger partial charge in [-0.2, -0.15) is 0 Å². The van der Waals surface area contributed by atoms with Crippen LogP contribution in [0.2, 0.25) is 0 Å². The van der Waals surface area contributed by atoms with Crippen molar-refractivity contribution in [2.45, 2.75) is 5.03 Å². The van der Waals surface area contributed by atoms with E-state index >= 15 is 0 Å². The van der Waals surface area contributed by atoms with Gasteiger partial charge in [0.1, 0.15) is 17.2 Å². The van der Waals surface area contributed by atoms with Crippen molar-refractivity contribution in [1.29, 1.82) is 0 Å². The van der Waals surface area contributed by atoms with E-state index in [0.717, 1.165) is 23.9 Å². The molecule has 2 heterocycles. The standard InChI is InChI=1S/C17H19N5O3S/c18-17(24)12-1-3-13(4-2-12)21-15(23)10-26-16-9-14(19-11-20-16)22-5-7-25-8-6-22/h1-4,9,11H,5-8,10H2,(H2,18,24)(H,21,23). The zero-order valence-electron chi connectivity index (χ0n) is 14.1. The molecule has 1 aromatic heterocycles. The molecule has 0 bridgehead atoms. The van der Waals surface area contributed by atoms with Gasteiger partial charge in [-0.1, -0.05) is 11.8 Å². The Labute approximate surface area is 155 Å². The van der Waals surface area contributed by atoms with Crippen LogP contribution in [-0.4, -0.2) is 53.8 Å². The lowest BCUT2D eigenvalue weighted by molar-refractivity contribution is -0.113. The topological polar surface area (TPSA) is 110 Å². The molecule has 1 fully saturated rings. The van der Waals surface area contributed by atoms with Gasteiger partial charge in [0.2, 0.25) is 11.8 Å². The number of carbonyl (C=O) groups excluding carboxylic acids is 2. The van der Waals surface area contributed by atoms with E-state index in [1.165, 1.54) is 18.1 Å². The Morgan fingerprint density at radius 2 is 1.92 bits per heavy atom. The quantitative estimate of drug-likeness (QED) is 0.577. The lowest BCUT2D eigenvalue weighted by atomic mass is 10.2. The van der Waals surface area contributed by atoms with E-state index in [0.29, 0.717) is 24.5 Å². The third-order valence-electron chi connectivity index (χ3n) is 3.77. The SMILES string of the molecule is NC(=O)c1ccc(NC(=O)CSc2cc(N3CCOCC3)ncn2)cc1. The van der Waals surface area contributed by atoms with Crippen LogP contribution in [0.1, 0.15) is 10.4 Å². The summed E-state index contributed by atoms with van der Waals surface area (Å²) in [6.45, 7) is 2.96. The third-order valence-corrected chi connectivity index (χ3v) is 4.69. The van der Waals surface area contributed by atoms with Gasteiger partial charge < -0.3 is 20.7 Å².